The van der Waals surface area contributed by atoms with Gasteiger partial charge in [0.05, 0.1) is 4.90 Å². The second kappa shape index (κ2) is 9.28. The fraction of sp³-hybridized carbons (Fsp3) is 0.259. The van der Waals surface area contributed by atoms with Gasteiger partial charge in [0.2, 0.25) is 10.0 Å². The van der Waals surface area contributed by atoms with Crippen molar-refractivity contribution in [3.05, 3.63) is 102 Å². The van der Waals surface area contributed by atoms with Gasteiger partial charge in [0.1, 0.15) is 0 Å². The second-order valence-corrected chi connectivity index (χ2v) is 11.0. The Morgan fingerprint density at radius 2 is 1.31 bits per heavy atom. The fourth-order valence-electron chi connectivity index (χ4n) is 5.04. The average molecular weight is 489 g/mol. The van der Waals surface area contributed by atoms with E-state index in [-0.39, 0.29) is 17.8 Å². The van der Waals surface area contributed by atoms with Gasteiger partial charge in [-0.1, -0.05) is 78.9 Å². The summed E-state index contributed by atoms with van der Waals surface area (Å²) in [6, 6.07) is 27.5. The van der Waals surface area contributed by atoms with Gasteiger partial charge in [0.25, 0.3) is 5.91 Å². The standard InChI is InChI=1S/C27H28N4O3S/c28-26-29-27(22-10-4-1-5-11-22,23-12-6-2-7-13-23)25(32)31(26)20-21-16-18-30(19-17-21)35(33,34)24-14-8-3-9-15-24/h1-15,21H,16-20H2,(H2,28,29). The number of amides is 1. The predicted molar refractivity (Wildman–Crippen MR) is 134 cm³/mol. The van der Waals surface area contributed by atoms with Gasteiger partial charge in [0, 0.05) is 19.6 Å². The summed E-state index contributed by atoms with van der Waals surface area (Å²) in [4.78, 5) is 15.8. The summed E-state index contributed by atoms with van der Waals surface area (Å²) in [6.45, 7) is 1.17. The average Bonchev–Trinajstić information content (AvgIpc) is 3.16. The number of piperidine rings is 1. The number of hydrogen-bond donors (Lipinski definition) is 2. The maximum atomic E-state index is 13.9. The first-order valence-corrected chi connectivity index (χ1v) is 13.2. The van der Waals surface area contributed by atoms with Gasteiger partial charge in [-0.25, -0.2) is 8.42 Å². The van der Waals surface area contributed by atoms with Crippen LogP contribution in [-0.4, -0.2) is 49.1 Å². The normalized spacial score (nSPS) is 19.0. The molecular formula is C27H28N4O3S. The smallest absolute Gasteiger partial charge is 0.264 e. The molecule has 180 valence electrons. The molecular weight excluding hydrogens is 460 g/mol. The highest BCUT2D eigenvalue weighted by Crippen LogP contribution is 2.36. The third-order valence-corrected chi connectivity index (χ3v) is 8.86. The molecule has 5 rings (SSSR count). The minimum absolute atomic E-state index is 0.0713. The zero-order valence-corrected chi connectivity index (χ0v) is 20.1. The molecule has 7 nitrogen and oxygen atoms in total. The summed E-state index contributed by atoms with van der Waals surface area (Å²) in [5, 5.41) is 11.8. The Morgan fingerprint density at radius 1 is 0.829 bits per heavy atom. The number of guanidine groups is 1. The van der Waals surface area contributed by atoms with Gasteiger partial charge in [-0.3, -0.25) is 15.1 Å². The van der Waals surface area contributed by atoms with Gasteiger partial charge in [-0.15, -0.1) is 0 Å². The number of carbonyl (C=O) groups excluding carboxylic acids is 1. The van der Waals surface area contributed by atoms with Gasteiger partial charge in [-0.05, 0) is 42.0 Å². The number of sulfonamides is 1. The fourth-order valence-corrected chi connectivity index (χ4v) is 6.53. The Morgan fingerprint density at radius 3 is 1.83 bits per heavy atom. The molecule has 35 heavy (non-hydrogen) atoms. The van der Waals surface area contributed by atoms with Crippen LogP contribution in [0.4, 0.5) is 0 Å². The van der Waals surface area contributed by atoms with Crippen LogP contribution in [0, 0.1) is 11.3 Å². The van der Waals surface area contributed by atoms with Crippen molar-refractivity contribution in [1.29, 1.82) is 5.41 Å². The molecule has 2 heterocycles. The van der Waals surface area contributed by atoms with E-state index in [0.29, 0.717) is 37.4 Å². The van der Waals surface area contributed by atoms with E-state index >= 15 is 0 Å². The van der Waals surface area contributed by atoms with E-state index in [9.17, 15) is 13.2 Å². The molecule has 2 aliphatic heterocycles. The number of benzene rings is 3. The molecule has 0 saturated carbocycles. The molecule has 0 atom stereocenters. The largest absolute Gasteiger partial charge is 0.334 e. The lowest BCUT2D eigenvalue weighted by Crippen LogP contribution is -2.46. The lowest BCUT2D eigenvalue weighted by atomic mass is 9.82. The summed E-state index contributed by atoms with van der Waals surface area (Å²) in [5.74, 6) is -0.00745. The molecule has 0 spiro atoms. The quantitative estimate of drug-likeness (QED) is 0.556. The van der Waals surface area contributed by atoms with E-state index in [2.05, 4.69) is 5.32 Å². The first-order valence-electron chi connectivity index (χ1n) is 11.8. The summed E-state index contributed by atoms with van der Waals surface area (Å²) >= 11 is 0. The molecule has 2 aliphatic rings. The van der Waals surface area contributed by atoms with Crippen molar-refractivity contribution in [2.75, 3.05) is 19.6 Å². The number of nitrogens with zero attached hydrogens (tertiary/aromatic N) is 2. The maximum absolute atomic E-state index is 13.9. The Bertz CT molecular complexity index is 1270. The van der Waals surface area contributed by atoms with Crippen LogP contribution in [0.15, 0.2) is 95.9 Å². The Kier molecular flexibility index (Phi) is 6.17. The van der Waals surface area contributed by atoms with Crippen LogP contribution in [0.1, 0.15) is 24.0 Å². The van der Waals surface area contributed by atoms with Crippen molar-refractivity contribution in [2.24, 2.45) is 5.92 Å². The van der Waals surface area contributed by atoms with Crippen LogP contribution in [-0.2, 0) is 20.4 Å². The molecule has 0 aromatic heterocycles. The summed E-state index contributed by atoms with van der Waals surface area (Å²) in [7, 11) is -3.53. The molecule has 1 amide bonds. The van der Waals surface area contributed by atoms with Crippen LogP contribution in [0.2, 0.25) is 0 Å². The predicted octanol–water partition coefficient (Wildman–Crippen LogP) is 3.40. The van der Waals surface area contributed by atoms with Gasteiger partial charge >= 0.3 is 0 Å². The number of carbonyl (C=O) groups is 1. The number of nitrogens with one attached hydrogen (secondary N) is 2. The van der Waals surface area contributed by atoms with E-state index in [1.807, 2.05) is 60.7 Å². The van der Waals surface area contributed by atoms with Crippen molar-refractivity contribution in [3.8, 4) is 0 Å². The van der Waals surface area contributed by atoms with E-state index in [0.717, 1.165) is 11.1 Å². The van der Waals surface area contributed by atoms with E-state index in [1.165, 1.54) is 9.21 Å². The molecule has 2 saturated heterocycles. The van der Waals surface area contributed by atoms with Crippen molar-refractivity contribution in [2.45, 2.75) is 23.3 Å². The monoisotopic (exact) mass is 488 g/mol. The van der Waals surface area contributed by atoms with Crippen molar-refractivity contribution >= 4 is 21.9 Å². The number of hydrogen-bond acceptors (Lipinski definition) is 4. The first kappa shape index (κ1) is 23.3. The second-order valence-electron chi connectivity index (χ2n) is 9.03. The SMILES string of the molecule is N=C1NC(c2ccccc2)(c2ccccc2)C(=O)N1CC1CCN(S(=O)(=O)c2ccccc2)CC1. The summed E-state index contributed by atoms with van der Waals surface area (Å²) < 4.78 is 27.4. The highest BCUT2D eigenvalue weighted by Gasteiger charge is 2.52. The van der Waals surface area contributed by atoms with E-state index in [1.54, 1.807) is 30.3 Å². The zero-order chi connectivity index (χ0) is 24.5. The molecule has 3 aromatic rings. The van der Waals surface area contributed by atoms with Gasteiger partial charge < -0.3 is 5.32 Å². The van der Waals surface area contributed by atoms with Crippen LogP contribution in [0.25, 0.3) is 0 Å². The Hall–Kier alpha value is -3.49. The molecule has 0 bridgehead atoms. The highest BCUT2D eigenvalue weighted by atomic mass is 32.2. The number of rotatable bonds is 6. The van der Waals surface area contributed by atoms with Crippen LogP contribution >= 0.6 is 0 Å². The molecule has 0 radical (unpaired) electrons. The Balaban J connectivity index is 1.34. The van der Waals surface area contributed by atoms with Crippen LogP contribution < -0.4 is 5.32 Å². The molecule has 2 fully saturated rings. The maximum Gasteiger partial charge on any atom is 0.264 e. The topological polar surface area (TPSA) is 93.6 Å². The lowest BCUT2D eigenvalue weighted by Gasteiger charge is -2.33. The van der Waals surface area contributed by atoms with Crippen molar-refractivity contribution in [3.63, 3.8) is 0 Å². The van der Waals surface area contributed by atoms with Crippen LogP contribution in [0.5, 0.6) is 0 Å². The van der Waals surface area contributed by atoms with Crippen molar-refractivity contribution in [1.82, 2.24) is 14.5 Å². The van der Waals surface area contributed by atoms with E-state index < -0.39 is 15.6 Å². The minimum Gasteiger partial charge on any atom is -0.334 e. The van der Waals surface area contributed by atoms with Crippen molar-refractivity contribution < 1.29 is 13.2 Å². The summed E-state index contributed by atoms with van der Waals surface area (Å²) in [6.07, 6.45) is 1.26. The zero-order valence-electron chi connectivity index (χ0n) is 19.3. The molecule has 2 N–H and O–H groups in total. The minimum atomic E-state index is -3.53. The molecule has 0 aliphatic carbocycles. The van der Waals surface area contributed by atoms with Gasteiger partial charge in [-0.2, -0.15) is 4.31 Å². The third kappa shape index (κ3) is 4.13. The first-order chi connectivity index (χ1) is 16.9. The molecule has 3 aromatic carbocycles. The van der Waals surface area contributed by atoms with Gasteiger partial charge in [0.15, 0.2) is 11.5 Å². The third-order valence-electron chi connectivity index (χ3n) is 6.95. The van der Waals surface area contributed by atoms with E-state index in [4.69, 9.17) is 5.41 Å². The molecule has 0 unspecified atom stereocenters. The summed E-state index contributed by atoms with van der Waals surface area (Å²) in [5.41, 5.74) is 0.413. The lowest BCUT2D eigenvalue weighted by molar-refractivity contribution is -0.130. The van der Waals surface area contributed by atoms with Crippen LogP contribution in [0.3, 0.4) is 0 Å². The Labute approximate surface area is 205 Å². The molecule has 8 heteroatoms. The highest BCUT2D eigenvalue weighted by molar-refractivity contribution is 7.89.